The number of sulfone groups is 1. The summed E-state index contributed by atoms with van der Waals surface area (Å²) in [5, 5.41) is 7.31. The zero-order valence-corrected chi connectivity index (χ0v) is 18.7. The second-order valence-corrected chi connectivity index (χ2v) is 10.4. The number of amides is 1. The molecule has 1 aliphatic heterocycles. The quantitative estimate of drug-likeness (QED) is 0.468. The fourth-order valence-corrected chi connectivity index (χ4v) is 5.33. The Morgan fingerprint density at radius 1 is 1.03 bits per heavy atom. The highest BCUT2D eigenvalue weighted by molar-refractivity contribution is 7.91. The number of anilines is 1. The van der Waals surface area contributed by atoms with Crippen molar-refractivity contribution in [2.75, 3.05) is 29.9 Å². The number of nitrogens with zero attached hydrogens (tertiary/aromatic N) is 5. The fraction of sp³-hybridized carbons (Fsp3) is 0.261. The van der Waals surface area contributed by atoms with Crippen molar-refractivity contribution in [3.8, 4) is 0 Å². The molecule has 1 saturated heterocycles. The molecule has 1 aliphatic rings. The number of rotatable bonds is 6. The van der Waals surface area contributed by atoms with E-state index in [2.05, 4.69) is 15.4 Å². The Balaban J connectivity index is 1.31. The number of fused-ring (bicyclic) bond motifs is 1. The number of hydrogen-bond acceptors (Lipinski definition) is 6. The van der Waals surface area contributed by atoms with Gasteiger partial charge in [-0.05, 0) is 17.7 Å². The summed E-state index contributed by atoms with van der Waals surface area (Å²) in [6, 6.07) is 14.7. The predicted molar refractivity (Wildman–Crippen MR) is 125 cm³/mol. The van der Waals surface area contributed by atoms with Crippen LogP contribution in [0.3, 0.4) is 0 Å². The molecule has 0 spiro atoms. The van der Waals surface area contributed by atoms with Crippen LogP contribution in [0.4, 0.5) is 5.69 Å². The molecule has 0 bridgehead atoms. The number of imidazole rings is 1. The molecule has 9 nitrogen and oxygen atoms in total. The van der Waals surface area contributed by atoms with E-state index < -0.39 is 15.9 Å². The number of nitrogens with one attached hydrogen (secondary N) is 1. The summed E-state index contributed by atoms with van der Waals surface area (Å²) in [5.74, 6) is -0.103. The minimum Gasteiger partial charge on any atom is -0.322 e. The van der Waals surface area contributed by atoms with Gasteiger partial charge < -0.3 is 9.72 Å². The standard InChI is InChI=1S/C23H24N6O3S/c30-23(22(18-6-2-1-3-7-18)27-10-12-33(31,32)13-11-27)26-19-14-24-29(16-19)17-20-15-28-9-5-4-8-21(28)25-20/h1-9,14-16,22H,10-13,17H2,(H,26,30). The van der Waals surface area contributed by atoms with E-state index in [0.29, 0.717) is 25.3 Å². The maximum atomic E-state index is 13.3. The monoisotopic (exact) mass is 464 g/mol. The normalized spacial score (nSPS) is 17.1. The van der Waals surface area contributed by atoms with Gasteiger partial charge in [-0.3, -0.25) is 14.4 Å². The first kappa shape index (κ1) is 21.4. The maximum absolute atomic E-state index is 13.3. The molecule has 1 unspecified atom stereocenters. The summed E-state index contributed by atoms with van der Waals surface area (Å²) < 4.78 is 27.4. The van der Waals surface area contributed by atoms with E-state index in [9.17, 15) is 13.2 Å². The van der Waals surface area contributed by atoms with E-state index in [0.717, 1.165) is 16.9 Å². The average Bonchev–Trinajstić information content (AvgIpc) is 3.42. The molecule has 0 saturated carbocycles. The summed E-state index contributed by atoms with van der Waals surface area (Å²) in [7, 11) is -3.05. The molecule has 0 radical (unpaired) electrons. The molecule has 0 aliphatic carbocycles. The fourth-order valence-electron chi connectivity index (χ4n) is 4.10. The van der Waals surface area contributed by atoms with Gasteiger partial charge in [0, 0.05) is 31.7 Å². The van der Waals surface area contributed by atoms with Crippen LogP contribution in [0.5, 0.6) is 0 Å². The lowest BCUT2D eigenvalue weighted by molar-refractivity contribution is -0.121. The molecule has 1 aromatic carbocycles. The van der Waals surface area contributed by atoms with Crippen LogP contribution in [0, 0.1) is 0 Å². The van der Waals surface area contributed by atoms with Gasteiger partial charge in [-0.2, -0.15) is 5.10 Å². The highest BCUT2D eigenvalue weighted by Crippen LogP contribution is 2.25. The first-order chi connectivity index (χ1) is 16.0. The Hall–Kier alpha value is -3.50. The van der Waals surface area contributed by atoms with Crippen molar-refractivity contribution in [1.29, 1.82) is 0 Å². The van der Waals surface area contributed by atoms with Gasteiger partial charge in [0.1, 0.15) is 11.7 Å². The summed E-state index contributed by atoms with van der Waals surface area (Å²) in [5.41, 5.74) is 3.13. The van der Waals surface area contributed by atoms with Crippen molar-refractivity contribution in [3.63, 3.8) is 0 Å². The van der Waals surface area contributed by atoms with Crippen LogP contribution in [0.15, 0.2) is 73.3 Å². The molecule has 1 N–H and O–H groups in total. The molecule has 4 aromatic rings. The van der Waals surface area contributed by atoms with Crippen molar-refractivity contribution < 1.29 is 13.2 Å². The molecule has 1 amide bonds. The Labute approximate surface area is 191 Å². The summed E-state index contributed by atoms with van der Waals surface area (Å²) in [6.45, 7) is 1.12. The number of hydrogen-bond donors (Lipinski definition) is 1. The first-order valence-electron chi connectivity index (χ1n) is 10.7. The molecule has 33 heavy (non-hydrogen) atoms. The maximum Gasteiger partial charge on any atom is 0.246 e. The highest BCUT2D eigenvalue weighted by atomic mass is 32.2. The molecular formula is C23H24N6O3S. The van der Waals surface area contributed by atoms with Gasteiger partial charge in [0.05, 0.1) is 35.6 Å². The summed E-state index contributed by atoms with van der Waals surface area (Å²) in [6.07, 6.45) is 7.27. The zero-order chi connectivity index (χ0) is 22.8. The van der Waals surface area contributed by atoms with Gasteiger partial charge >= 0.3 is 0 Å². The Kier molecular flexibility index (Phi) is 5.69. The van der Waals surface area contributed by atoms with Crippen LogP contribution in [-0.4, -0.2) is 63.0 Å². The van der Waals surface area contributed by atoms with Gasteiger partial charge in [0.25, 0.3) is 0 Å². The van der Waals surface area contributed by atoms with Crippen LogP contribution >= 0.6 is 0 Å². The van der Waals surface area contributed by atoms with E-state index >= 15 is 0 Å². The average molecular weight is 465 g/mol. The van der Waals surface area contributed by atoms with E-state index in [1.165, 1.54) is 0 Å². The second kappa shape index (κ2) is 8.80. The molecule has 1 atom stereocenters. The lowest BCUT2D eigenvalue weighted by Crippen LogP contribution is -2.46. The third-order valence-electron chi connectivity index (χ3n) is 5.75. The van der Waals surface area contributed by atoms with Gasteiger partial charge in [0.2, 0.25) is 5.91 Å². The van der Waals surface area contributed by atoms with Gasteiger partial charge in [-0.15, -0.1) is 0 Å². The van der Waals surface area contributed by atoms with E-state index in [-0.39, 0.29) is 17.4 Å². The summed E-state index contributed by atoms with van der Waals surface area (Å²) in [4.78, 5) is 19.8. The molecule has 170 valence electrons. The first-order valence-corrected chi connectivity index (χ1v) is 12.5. The topological polar surface area (TPSA) is 102 Å². The van der Waals surface area contributed by atoms with Gasteiger partial charge in [0.15, 0.2) is 9.84 Å². The third kappa shape index (κ3) is 4.81. The Bertz CT molecular complexity index is 1330. The molecule has 3 aromatic heterocycles. The van der Waals surface area contributed by atoms with Crippen LogP contribution < -0.4 is 5.32 Å². The van der Waals surface area contributed by atoms with Crippen LogP contribution in [0.25, 0.3) is 5.65 Å². The second-order valence-electron chi connectivity index (χ2n) is 8.12. The number of carbonyl (C=O) groups is 1. The lowest BCUT2D eigenvalue weighted by Gasteiger charge is -2.33. The molecule has 4 heterocycles. The molecule has 1 fully saturated rings. The largest absolute Gasteiger partial charge is 0.322 e. The molecule has 10 heteroatoms. The third-order valence-corrected chi connectivity index (χ3v) is 7.36. The lowest BCUT2D eigenvalue weighted by atomic mass is 10.0. The van der Waals surface area contributed by atoms with Gasteiger partial charge in [-0.25, -0.2) is 13.4 Å². The van der Waals surface area contributed by atoms with Crippen molar-refractivity contribution in [3.05, 3.63) is 84.6 Å². The van der Waals surface area contributed by atoms with Crippen molar-refractivity contribution >= 4 is 27.1 Å². The van der Waals surface area contributed by atoms with E-state index in [1.54, 1.807) is 17.1 Å². The predicted octanol–water partition coefficient (Wildman–Crippen LogP) is 1.99. The number of carbonyl (C=O) groups excluding carboxylic acids is 1. The van der Waals surface area contributed by atoms with E-state index in [1.807, 2.05) is 70.2 Å². The number of pyridine rings is 1. The Morgan fingerprint density at radius 3 is 2.55 bits per heavy atom. The van der Waals surface area contributed by atoms with Crippen molar-refractivity contribution in [2.45, 2.75) is 12.6 Å². The van der Waals surface area contributed by atoms with Gasteiger partial charge in [-0.1, -0.05) is 36.4 Å². The molecular weight excluding hydrogens is 440 g/mol. The van der Waals surface area contributed by atoms with Crippen LogP contribution in [0.1, 0.15) is 17.3 Å². The van der Waals surface area contributed by atoms with Crippen molar-refractivity contribution in [2.24, 2.45) is 0 Å². The van der Waals surface area contributed by atoms with Crippen LogP contribution in [-0.2, 0) is 21.2 Å². The Morgan fingerprint density at radius 2 is 1.79 bits per heavy atom. The van der Waals surface area contributed by atoms with Crippen molar-refractivity contribution in [1.82, 2.24) is 24.1 Å². The highest BCUT2D eigenvalue weighted by Gasteiger charge is 2.32. The van der Waals surface area contributed by atoms with E-state index in [4.69, 9.17) is 0 Å². The minimum absolute atomic E-state index is 0.0561. The zero-order valence-electron chi connectivity index (χ0n) is 17.9. The SMILES string of the molecule is O=C(Nc1cnn(Cc2cn3ccccc3n2)c1)C(c1ccccc1)N1CCS(=O)(=O)CC1. The van der Waals surface area contributed by atoms with Crippen LogP contribution in [0.2, 0.25) is 0 Å². The number of aromatic nitrogens is 4. The number of benzene rings is 1. The minimum atomic E-state index is -3.05. The smallest absolute Gasteiger partial charge is 0.246 e. The summed E-state index contributed by atoms with van der Waals surface area (Å²) >= 11 is 0. The molecule has 5 rings (SSSR count).